The van der Waals surface area contributed by atoms with Crippen molar-refractivity contribution in [1.82, 2.24) is 19.5 Å². The summed E-state index contributed by atoms with van der Waals surface area (Å²) in [7, 11) is 0. The molecule has 0 aliphatic carbocycles. The summed E-state index contributed by atoms with van der Waals surface area (Å²) in [6, 6.07) is 3.51. The van der Waals surface area contributed by atoms with Gasteiger partial charge in [0.05, 0.1) is 29.8 Å². The van der Waals surface area contributed by atoms with Crippen LogP contribution in [0, 0.1) is 12.8 Å². The Balaban J connectivity index is 1.83. The van der Waals surface area contributed by atoms with Gasteiger partial charge in [0.1, 0.15) is 5.82 Å². The summed E-state index contributed by atoms with van der Waals surface area (Å²) in [6.07, 6.45) is -4.78. The Morgan fingerprint density at radius 3 is 2.52 bits per heavy atom. The number of alkyl halides is 3. The summed E-state index contributed by atoms with van der Waals surface area (Å²) in [5, 5.41) is 19.7. The third kappa shape index (κ3) is 4.06. The Labute approximate surface area is 189 Å². The van der Waals surface area contributed by atoms with Crippen molar-refractivity contribution >= 4 is 17.0 Å². The van der Waals surface area contributed by atoms with Crippen molar-refractivity contribution in [2.24, 2.45) is 5.92 Å². The lowest BCUT2D eigenvalue weighted by atomic mass is 10.00. The highest BCUT2D eigenvalue weighted by molar-refractivity contribution is 5.78. The molecule has 0 amide bonds. The fraction of sp³-hybridized carbons (Fsp3) is 0.522. The summed E-state index contributed by atoms with van der Waals surface area (Å²) in [4.78, 5) is 14.7. The van der Waals surface area contributed by atoms with E-state index in [9.17, 15) is 23.4 Å². The van der Waals surface area contributed by atoms with Gasteiger partial charge in [-0.3, -0.25) is 0 Å². The van der Waals surface area contributed by atoms with E-state index in [4.69, 9.17) is 4.98 Å². The largest absolute Gasteiger partial charge is 0.433 e. The highest BCUT2D eigenvalue weighted by Crippen LogP contribution is 2.39. The molecule has 3 aromatic rings. The minimum absolute atomic E-state index is 0.0121. The second-order valence-corrected chi connectivity index (χ2v) is 8.83. The van der Waals surface area contributed by atoms with E-state index in [2.05, 4.69) is 14.5 Å². The van der Waals surface area contributed by atoms with Gasteiger partial charge in [-0.1, -0.05) is 20.8 Å². The van der Waals surface area contributed by atoms with Gasteiger partial charge in [-0.05, 0) is 42.5 Å². The first-order valence-corrected chi connectivity index (χ1v) is 11.1. The molecule has 2 aromatic heterocycles. The predicted molar refractivity (Wildman–Crippen MR) is 118 cm³/mol. The molecule has 0 spiro atoms. The van der Waals surface area contributed by atoms with Gasteiger partial charge in [0.15, 0.2) is 5.69 Å². The minimum atomic E-state index is -4.71. The third-order valence-corrected chi connectivity index (χ3v) is 6.28. The number of halogens is 3. The summed E-state index contributed by atoms with van der Waals surface area (Å²) in [5.41, 5.74) is 2.00. The molecule has 1 aromatic carbocycles. The number of hydrogen-bond acceptors (Lipinski definition) is 6. The number of hydrogen-bond donors (Lipinski definition) is 2. The zero-order valence-electron chi connectivity index (χ0n) is 19.1. The van der Waals surface area contributed by atoms with Crippen LogP contribution < -0.4 is 4.90 Å². The number of imidazole rings is 1. The molecule has 0 unspecified atom stereocenters. The fourth-order valence-corrected chi connectivity index (χ4v) is 4.55. The number of aromatic nitrogens is 4. The molecule has 0 radical (unpaired) electrons. The van der Waals surface area contributed by atoms with Crippen LogP contribution in [0.25, 0.3) is 11.0 Å². The molecule has 178 valence electrons. The molecular weight excluding hydrogens is 435 g/mol. The Bertz CT molecular complexity index is 1180. The average molecular weight is 464 g/mol. The van der Waals surface area contributed by atoms with E-state index in [0.717, 1.165) is 34.2 Å². The van der Waals surface area contributed by atoms with E-state index >= 15 is 0 Å². The van der Waals surface area contributed by atoms with Crippen molar-refractivity contribution in [2.45, 2.75) is 65.6 Å². The highest BCUT2D eigenvalue weighted by atomic mass is 19.4. The zero-order valence-corrected chi connectivity index (χ0v) is 19.1. The molecule has 0 fully saturated rings. The highest BCUT2D eigenvalue weighted by Gasteiger charge is 2.40. The molecule has 3 heterocycles. The first-order chi connectivity index (χ1) is 15.6. The molecule has 0 saturated heterocycles. The van der Waals surface area contributed by atoms with Crippen molar-refractivity contribution in [2.75, 3.05) is 11.4 Å². The van der Waals surface area contributed by atoms with Gasteiger partial charge in [-0.25, -0.2) is 15.0 Å². The quantitative estimate of drug-likeness (QED) is 0.587. The SMILES string of the molecule is CC[C@H](O)c1cnc(N2CCn3c(nc4cc(CO)c(C)cc43)[C@H]2C(C)C)nc1C(F)(F)F. The van der Waals surface area contributed by atoms with Crippen molar-refractivity contribution < 1.29 is 23.4 Å². The predicted octanol–water partition coefficient (Wildman–Crippen LogP) is 4.31. The van der Waals surface area contributed by atoms with Crippen LogP contribution in [-0.4, -0.2) is 36.3 Å². The first kappa shape index (κ1) is 23.4. The van der Waals surface area contributed by atoms with Crippen LogP contribution in [0.15, 0.2) is 18.3 Å². The van der Waals surface area contributed by atoms with E-state index in [1.54, 1.807) is 11.8 Å². The number of nitrogens with zero attached hydrogens (tertiary/aromatic N) is 5. The molecule has 0 bridgehead atoms. The second kappa shape index (κ2) is 8.57. The lowest BCUT2D eigenvalue weighted by Crippen LogP contribution is -2.42. The lowest BCUT2D eigenvalue weighted by Gasteiger charge is -2.38. The monoisotopic (exact) mass is 463 g/mol. The van der Waals surface area contributed by atoms with Gasteiger partial charge >= 0.3 is 6.18 Å². The van der Waals surface area contributed by atoms with Gasteiger partial charge in [-0.2, -0.15) is 13.2 Å². The molecular formula is C23H28F3N5O2. The Kier molecular flexibility index (Phi) is 6.09. The standard InChI is InChI=1S/C23H28F3N5O2/c1-5-18(33)15-10-27-22(29-20(15)23(24,25)26)31-7-6-30-17-8-13(4)14(11-32)9-16(17)28-21(30)19(31)12(2)3/h8-10,12,18-19,32-33H,5-7,11H2,1-4H3/t18-,19+/m0/s1. The first-order valence-electron chi connectivity index (χ1n) is 11.1. The van der Waals surface area contributed by atoms with Crippen LogP contribution in [0.3, 0.4) is 0 Å². The molecule has 1 aliphatic rings. The summed E-state index contributed by atoms with van der Waals surface area (Å²) in [5.74, 6) is 0.715. The van der Waals surface area contributed by atoms with Crippen LogP contribution in [0.4, 0.5) is 19.1 Å². The van der Waals surface area contributed by atoms with Gasteiger partial charge in [0.25, 0.3) is 0 Å². The maximum absolute atomic E-state index is 13.8. The van der Waals surface area contributed by atoms with Crippen molar-refractivity contribution in [3.05, 3.63) is 46.5 Å². The number of rotatable bonds is 5. The number of aliphatic hydroxyl groups is 2. The number of aryl methyl sites for hydroxylation is 1. The molecule has 33 heavy (non-hydrogen) atoms. The number of benzene rings is 1. The Hall–Kier alpha value is -2.72. The molecule has 2 atom stereocenters. The van der Waals surface area contributed by atoms with Crippen LogP contribution in [0.1, 0.15) is 67.5 Å². The van der Waals surface area contributed by atoms with Gasteiger partial charge in [0.2, 0.25) is 5.95 Å². The average Bonchev–Trinajstić information content (AvgIpc) is 3.13. The second-order valence-electron chi connectivity index (χ2n) is 8.83. The number of anilines is 1. The zero-order chi connectivity index (χ0) is 24.1. The van der Waals surface area contributed by atoms with E-state index in [1.165, 1.54) is 0 Å². The van der Waals surface area contributed by atoms with Crippen LogP contribution in [0.5, 0.6) is 0 Å². The topological polar surface area (TPSA) is 87.3 Å². The number of fused-ring (bicyclic) bond motifs is 3. The summed E-state index contributed by atoms with van der Waals surface area (Å²) >= 11 is 0. The van der Waals surface area contributed by atoms with E-state index in [-0.39, 0.29) is 36.5 Å². The van der Waals surface area contributed by atoms with Crippen LogP contribution in [0.2, 0.25) is 0 Å². The normalized spacial score (nSPS) is 17.6. The minimum Gasteiger partial charge on any atom is -0.392 e. The van der Waals surface area contributed by atoms with E-state index < -0.39 is 18.0 Å². The van der Waals surface area contributed by atoms with Gasteiger partial charge in [0, 0.05) is 24.8 Å². The maximum Gasteiger partial charge on any atom is 0.433 e. The fourth-order valence-electron chi connectivity index (χ4n) is 4.55. The Morgan fingerprint density at radius 2 is 1.91 bits per heavy atom. The van der Waals surface area contributed by atoms with Crippen LogP contribution >= 0.6 is 0 Å². The Morgan fingerprint density at radius 1 is 1.18 bits per heavy atom. The van der Waals surface area contributed by atoms with Crippen molar-refractivity contribution in [1.29, 1.82) is 0 Å². The van der Waals surface area contributed by atoms with Crippen LogP contribution in [-0.2, 0) is 19.3 Å². The third-order valence-electron chi connectivity index (χ3n) is 6.28. The molecule has 1 aliphatic heterocycles. The molecule has 10 heteroatoms. The van der Waals surface area contributed by atoms with Crippen molar-refractivity contribution in [3.8, 4) is 0 Å². The smallest absolute Gasteiger partial charge is 0.392 e. The maximum atomic E-state index is 13.8. The summed E-state index contributed by atoms with van der Waals surface area (Å²) < 4.78 is 43.4. The van der Waals surface area contributed by atoms with E-state index in [1.807, 2.05) is 32.9 Å². The molecule has 2 N–H and O–H groups in total. The number of aliphatic hydroxyl groups excluding tert-OH is 2. The van der Waals surface area contributed by atoms with E-state index in [0.29, 0.717) is 13.1 Å². The molecule has 4 rings (SSSR count). The lowest BCUT2D eigenvalue weighted by molar-refractivity contribution is -0.142. The van der Waals surface area contributed by atoms with Gasteiger partial charge in [-0.15, -0.1) is 0 Å². The molecule has 0 saturated carbocycles. The van der Waals surface area contributed by atoms with Crippen molar-refractivity contribution in [3.63, 3.8) is 0 Å². The summed E-state index contributed by atoms with van der Waals surface area (Å²) in [6.45, 7) is 8.33. The van der Waals surface area contributed by atoms with Gasteiger partial charge < -0.3 is 19.7 Å². The molecule has 7 nitrogen and oxygen atoms in total.